The van der Waals surface area contributed by atoms with Gasteiger partial charge in [0.15, 0.2) is 0 Å². The molecule has 2 unspecified atom stereocenters. The van der Waals surface area contributed by atoms with Crippen LogP contribution >= 0.6 is 0 Å². The molecule has 5 heteroatoms. The molecule has 1 amide bonds. The van der Waals surface area contributed by atoms with Gasteiger partial charge >= 0.3 is 0 Å². The predicted molar refractivity (Wildman–Crippen MR) is 96.5 cm³/mol. The van der Waals surface area contributed by atoms with E-state index in [2.05, 4.69) is 10.2 Å². The van der Waals surface area contributed by atoms with Gasteiger partial charge in [0, 0.05) is 25.6 Å². The minimum atomic E-state index is -0.430. The van der Waals surface area contributed by atoms with Gasteiger partial charge in [-0.2, -0.15) is 0 Å². The van der Waals surface area contributed by atoms with E-state index in [0.29, 0.717) is 18.9 Å². The number of nitrogens with two attached hydrogens (primary N) is 1. The second kappa shape index (κ2) is 9.77. The molecule has 0 aliphatic carbocycles. The first-order valence-electron chi connectivity index (χ1n) is 9.02. The molecular weight excluding hydrogens is 302 g/mol. The normalized spacial score (nSPS) is 19.0. The number of benzene rings is 1. The van der Waals surface area contributed by atoms with Crippen LogP contribution in [0.5, 0.6) is 0 Å². The van der Waals surface area contributed by atoms with Crippen molar-refractivity contribution in [2.45, 2.75) is 44.8 Å². The number of aliphatic hydroxyl groups is 1. The summed E-state index contributed by atoms with van der Waals surface area (Å²) in [5.41, 5.74) is 6.64. The lowest BCUT2D eigenvalue weighted by molar-refractivity contribution is -0.121. The predicted octanol–water partition coefficient (Wildman–Crippen LogP) is 1.68. The number of rotatable bonds is 8. The summed E-state index contributed by atoms with van der Waals surface area (Å²) >= 11 is 0. The van der Waals surface area contributed by atoms with Crippen LogP contribution in [0.4, 0.5) is 0 Å². The first-order chi connectivity index (χ1) is 11.5. The zero-order chi connectivity index (χ0) is 17.4. The third-order valence-electron chi connectivity index (χ3n) is 4.74. The first kappa shape index (κ1) is 18.9. The van der Waals surface area contributed by atoms with Crippen molar-refractivity contribution < 1.29 is 9.90 Å². The second-order valence-electron chi connectivity index (χ2n) is 6.99. The Morgan fingerprint density at radius 1 is 1.33 bits per heavy atom. The van der Waals surface area contributed by atoms with Gasteiger partial charge in [0.05, 0.1) is 6.10 Å². The van der Waals surface area contributed by atoms with Gasteiger partial charge in [-0.05, 0) is 50.8 Å². The number of likely N-dealkylation sites (tertiary alicyclic amines) is 1. The number of hydrogen-bond acceptors (Lipinski definition) is 4. The van der Waals surface area contributed by atoms with Crippen molar-refractivity contribution in [2.24, 2.45) is 11.7 Å². The Labute approximate surface area is 145 Å². The lowest BCUT2D eigenvalue weighted by atomic mass is 9.96. The van der Waals surface area contributed by atoms with Crippen molar-refractivity contribution in [1.82, 2.24) is 10.2 Å². The quantitative estimate of drug-likeness (QED) is 0.676. The van der Waals surface area contributed by atoms with Gasteiger partial charge in [0.1, 0.15) is 0 Å². The van der Waals surface area contributed by atoms with Crippen molar-refractivity contribution in [2.75, 3.05) is 26.2 Å². The highest BCUT2D eigenvalue weighted by molar-refractivity contribution is 5.75. The lowest BCUT2D eigenvalue weighted by Gasteiger charge is -2.33. The van der Waals surface area contributed by atoms with Gasteiger partial charge in [0.25, 0.3) is 0 Å². The summed E-state index contributed by atoms with van der Waals surface area (Å²) in [6.45, 7) is 5.31. The number of nitrogens with one attached hydrogen (secondary N) is 1. The van der Waals surface area contributed by atoms with Crippen molar-refractivity contribution in [3.8, 4) is 0 Å². The third-order valence-corrected chi connectivity index (χ3v) is 4.74. The Balaban J connectivity index is 1.63. The van der Waals surface area contributed by atoms with E-state index < -0.39 is 6.10 Å². The van der Waals surface area contributed by atoms with Crippen LogP contribution < -0.4 is 11.1 Å². The zero-order valence-corrected chi connectivity index (χ0v) is 14.7. The Hall–Kier alpha value is -1.43. The lowest BCUT2D eigenvalue weighted by Crippen LogP contribution is -2.40. The maximum absolute atomic E-state index is 11.7. The largest absolute Gasteiger partial charge is 0.387 e. The summed E-state index contributed by atoms with van der Waals surface area (Å²) in [5.74, 6) is 0.642. The summed E-state index contributed by atoms with van der Waals surface area (Å²) < 4.78 is 0. The molecule has 1 aliphatic rings. The van der Waals surface area contributed by atoms with Crippen LogP contribution in [0.2, 0.25) is 0 Å². The molecule has 0 saturated carbocycles. The number of hydrogen-bond donors (Lipinski definition) is 3. The molecule has 134 valence electrons. The summed E-state index contributed by atoms with van der Waals surface area (Å²) in [5, 5.41) is 13.3. The van der Waals surface area contributed by atoms with Gasteiger partial charge in [-0.25, -0.2) is 0 Å². The summed E-state index contributed by atoms with van der Waals surface area (Å²) in [7, 11) is 0. The van der Waals surface area contributed by atoms with E-state index in [4.69, 9.17) is 5.73 Å². The van der Waals surface area contributed by atoms with Crippen molar-refractivity contribution in [3.63, 3.8) is 0 Å². The van der Waals surface area contributed by atoms with Crippen LogP contribution in [0.1, 0.15) is 44.3 Å². The van der Waals surface area contributed by atoms with Crippen molar-refractivity contribution in [3.05, 3.63) is 35.9 Å². The minimum Gasteiger partial charge on any atom is -0.387 e. The molecule has 0 aromatic heterocycles. The van der Waals surface area contributed by atoms with Crippen LogP contribution in [0.15, 0.2) is 30.3 Å². The number of carbonyl (C=O) groups is 1. The molecule has 0 bridgehead atoms. The summed E-state index contributed by atoms with van der Waals surface area (Å²) in [6, 6.07) is 9.89. The van der Waals surface area contributed by atoms with E-state index >= 15 is 0 Å². The Bertz CT molecular complexity index is 485. The fourth-order valence-corrected chi connectivity index (χ4v) is 3.10. The maximum atomic E-state index is 11.7. The molecule has 1 fully saturated rings. The average Bonchev–Trinajstić information content (AvgIpc) is 2.60. The molecule has 0 radical (unpaired) electrons. The number of piperidine rings is 1. The van der Waals surface area contributed by atoms with Gasteiger partial charge in [-0.15, -0.1) is 0 Å². The summed E-state index contributed by atoms with van der Waals surface area (Å²) in [6.07, 6.45) is 2.95. The topological polar surface area (TPSA) is 78.6 Å². The van der Waals surface area contributed by atoms with Crippen LogP contribution in [-0.4, -0.2) is 48.1 Å². The maximum Gasteiger partial charge on any atom is 0.220 e. The number of carbonyl (C=O) groups excluding carboxylic acids is 1. The van der Waals surface area contributed by atoms with Crippen LogP contribution in [0.25, 0.3) is 0 Å². The molecule has 5 nitrogen and oxygen atoms in total. The Morgan fingerprint density at radius 3 is 2.62 bits per heavy atom. The third kappa shape index (κ3) is 6.59. The molecule has 2 atom stereocenters. The fraction of sp³-hybridized carbons (Fsp3) is 0.632. The van der Waals surface area contributed by atoms with Crippen LogP contribution in [0.3, 0.4) is 0 Å². The van der Waals surface area contributed by atoms with Gasteiger partial charge < -0.3 is 21.1 Å². The highest BCUT2D eigenvalue weighted by Crippen LogP contribution is 2.20. The van der Waals surface area contributed by atoms with Crippen LogP contribution in [-0.2, 0) is 4.79 Å². The molecule has 1 aromatic rings. The number of nitrogens with zero attached hydrogens (tertiary/aromatic N) is 1. The average molecular weight is 333 g/mol. The molecule has 4 N–H and O–H groups in total. The SMILES string of the molecule is CC(N)CCC(=O)NCC1CCN(CC(O)c2ccccc2)CC1. The number of β-amino-alcohol motifs (C(OH)–C–C–N with tert-alkyl or cyclic N) is 1. The molecule has 1 heterocycles. The van der Waals surface area contributed by atoms with E-state index in [-0.39, 0.29) is 11.9 Å². The highest BCUT2D eigenvalue weighted by Gasteiger charge is 2.21. The molecule has 1 aliphatic heterocycles. The molecule has 1 aromatic carbocycles. The standard InChI is InChI=1S/C19H31N3O2/c1-15(20)7-8-19(24)21-13-16-9-11-22(12-10-16)14-18(23)17-5-3-2-4-6-17/h2-6,15-16,18,23H,7-14,20H2,1H3,(H,21,24). The first-order valence-corrected chi connectivity index (χ1v) is 9.02. The van der Waals surface area contributed by atoms with Gasteiger partial charge in [-0.1, -0.05) is 30.3 Å². The van der Waals surface area contributed by atoms with Gasteiger partial charge in [-0.3, -0.25) is 4.79 Å². The van der Waals surface area contributed by atoms with E-state index in [1.807, 2.05) is 37.3 Å². The number of aliphatic hydroxyl groups excluding tert-OH is 1. The smallest absolute Gasteiger partial charge is 0.220 e. The van der Waals surface area contributed by atoms with E-state index in [0.717, 1.165) is 44.5 Å². The molecule has 2 rings (SSSR count). The Morgan fingerprint density at radius 2 is 2.00 bits per heavy atom. The van der Waals surface area contributed by atoms with E-state index in [9.17, 15) is 9.90 Å². The van der Waals surface area contributed by atoms with Crippen LogP contribution in [0, 0.1) is 5.92 Å². The molecular formula is C19H31N3O2. The summed E-state index contributed by atoms with van der Waals surface area (Å²) in [4.78, 5) is 14.1. The highest BCUT2D eigenvalue weighted by atomic mass is 16.3. The monoisotopic (exact) mass is 333 g/mol. The van der Waals surface area contributed by atoms with E-state index in [1.165, 1.54) is 0 Å². The van der Waals surface area contributed by atoms with Crippen molar-refractivity contribution >= 4 is 5.91 Å². The van der Waals surface area contributed by atoms with Crippen molar-refractivity contribution in [1.29, 1.82) is 0 Å². The Kier molecular flexibility index (Phi) is 7.69. The minimum absolute atomic E-state index is 0.0787. The molecule has 0 spiro atoms. The van der Waals surface area contributed by atoms with E-state index in [1.54, 1.807) is 0 Å². The molecule has 24 heavy (non-hydrogen) atoms. The number of amides is 1. The van der Waals surface area contributed by atoms with Gasteiger partial charge in [0.2, 0.25) is 5.91 Å². The zero-order valence-electron chi connectivity index (χ0n) is 14.7. The molecule has 1 saturated heterocycles. The fourth-order valence-electron chi connectivity index (χ4n) is 3.10. The second-order valence-corrected chi connectivity index (χ2v) is 6.99.